The molecule has 0 spiro atoms. The molecule has 7 nitrogen and oxygen atoms in total. The summed E-state index contributed by atoms with van der Waals surface area (Å²) in [5.74, 6) is -0.892. The summed E-state index contributed by atoms with van der Waals surface area (Å²) in [6.07, 6.45) is 11.0. The summed E-state index contributed by atoms with van der Waals surface area (Å²) >= 11 is 1.59. The number of thioether (sulfide) groups is 1. The number of piperidine rings is 1. The first-order valence-corrected chi connectivity index (χ1v) is 16.7. The normalized spacial score (nSPS) is 15.0. The minimum atomic E-state index is -0.805. The van der Waals surface area contributed by atoms with Gasteiger partial charge >= 0.3 is 5.97 Å². The molecular formula is C36H38F2N4O3S. The van der Waals surface area contributed by atoms with Crippen LogP contribution in [0.3, 0.4) is 0 Å². The number of carbonyl (C=O) groups excluding carboxylic acids is 2. The Kier molecular flexibility index (Phi) is 11.4. The first kappa shape index (κ1) is 33.1. The lowest BCUT2D eigenvalue weighted by molar-refractivity contribution is -0.153. The molecule has 10 heteroatoms. The predicted molar refractivity (Wildman–Crippen MR) is 179 cm³/mol. The number of esters is 1. The predicted octanol–water partition coefficient (Wildman–Crippen LogP) is 6.56. The van der Waals surface area contributed by atoms with Gasteiger partial charge in [0.25, 0.3) is 5.91 Å². The van der Waals surface area contributed by atoms with Gasteiger partial charge in [0.15, 0.2) is 0 Å². The van der Waals surface area contributed by atoms with Gasteiger partial charge in [-0.2, -0.15) is 11.8 Å². The molecule has 1 amide bonds. The zero-order valence-corrected chi connectivity index (χ0v) is 26.8. The Morgan fingerprint density at radius 2 is 1.74 bits per heavy atom. The highest BCUT2D eigenvalue weighted by Crippen LogP contribution is 2.29. The first-order chi connectivity index (χ1) is 22.3. The van der Waals surface area contributed by atoms with E-state index in [1.165, 1.54) is 24.3 Å². The number of hydrogen-bond donors (Lipinski definition) is 1. The molecule has 1 saturated heterocycles. The zero-order valence-electron chi connectivity index (χ0n) is 26.0. The van der Waals surface area contributed by atoms with Crippen LogP contribution in [0, 0.1) is 11.6 Å². The van der Waals surface area contributed by atoms with Gasteiger partial charge in [-0.1, -0.05) is 30.3 Å². The summed E-state index contributed by atoms with van der Waals surface area (Å²) in [4.78, 5) is 33.5. The second-order valence-corrected chi connectivity index (χ2v) is 12.5. The Labute approximate surface area is 272 Å². The zero-order chi connectivity index (χ0) is 32.5. The molecule has 1 aliphatic rings. The van der Waals surface area contributed by atoms with Crippen molar-refractivity contribution in [1.29, 1.82) is 0 Å². The van der Waals surface area contributed by atoms with Crippen molar-refractivity contribution >= 4 is 35.3 Å². The molecule has 0 saturated carbocycles. The Hall–Kier alpha value is -4.28. The van der Waals surface area contributed by atoms with Crippen LogP contribution in [0.5, 0.6) is 0 Å². The molecule has 1 N–H and O–H groups in total. The summed E-state index contributed by atoms with van der Waals surface area (Å²) in [7, 11) is 2.04. The lowest BCUT2D eigenvalue weighted by Gasteiger charge is -2.30. The third-order valence-electron chi connectivity index (χ3n) is 8.06. The summed E-state index contributed by atoms with van der Waals surface area (Å²) in [5.41, 5.74) is 4.10. The van der Waals surface area contributed by atoms with Gasteiger partial charge in [-0.25, -0.2) is 18.6 Å². The van der Waals surface area contributed by atoms with E-state index in [1.54, 1.807) is 54.6 Å². The minimum Gasteiger partial charge on any atom is -0.461 e. The fourth-order valence-corrected chi connectivity index (χ4v) is 5.92. The minimum absolute atomic E-state index is 0.171. The number of likely N-dealkylation sites (tertiary alicyclic amines) is 1. The number of nitrogens with zero attached hydrogens (tertiary/aromatic N) is 3. The fourth-order valence-electron chi connectivity index (χ4n) is 5.45. The second-order valence-electron chi connectivity index (χ2n) is 11.5. The van der Waals surface area contributed by atoms with Crippen molar-refractivity contribution in [2.45, 2.75) is 38.0 Å². The highest BCUT2D eigenvalue weighted by molar-refractivity contribution is 7.98. The summed E-state index contributed by atoms with van der Waals surface area (Å²) in [5, 5.41) is 2.94. The lowest BCUT2D eigenvalue weighted by atomic mass is 9.94. The van der Waals surface area contributed by atoms with E-state index in [-0.39, 0.29) is 11.9 Å². The van der Waals surface area contributed by atoms with Gasteiger partial charge in [0.2, 0.25) is 0 Å². The SMILES string of the molecule is CSCC[C@H](NC(=O)c1ccc(/C=C(/Cn2ccnc2)c2ccc(F)cc2)cc1-c1ccc(F)cc1)C(=O)OC1CCN(C)CC1. The van der Waals surface area contributed by atoms with Crippen LogP contribution in [0.1, 0.15) is 40.7 Å². The van der Waals surface area contributed by atoms with Crippen molar-refractivity contribution in [3.8, 4) is 11.1 Å². The van der Waals surface area contributed by atoms with E-state index < -0.39 is 23.7 Å². The number of nitrogens with one attached hydrogen (secondary N) is 1. The van der Waals surface area contributed by atoms with E-state index >= 15 is 0 Å². The Morgan fingerprint density at radius 1 is 1.04 bits per heavy atom. The molecule has 1 atom stereocenters. The summed E-state index contributed by atoms with van der Waals surface area (Å²) in [6, 6.07) is 16.8. The van der Waals surface area contributed by atoms with Gasteiger partial charge in [-0.15, -0.1) is 0 Å². The number of rotatable bonds is 12. The molecule has 1 aliphatic heterocycles. The standard InChI is InChI=1S/C36H38F2N4O3S/c1-41-17-13-31(14-18-41)45-36(44)34(15-20-46-2)40-35(43)32-12-3-25(22-33(32)27-6-10-30(38)11-7-27)21-28(23-42-19-16-39-24-42)26-4-8-29(37)9-5-26/h3-12,16,19,21-22,24,31,34H,13-15,17-18,20,23H2,1-2H3,(H,40,43)/b28-21-/t34-/m0/s1. The van der Waals surface area contributed by atoms with E-state index in [1.807, 2.05) is 42.3 Å². The van der Waals surface area contributed by atoms with E-state index in [2.05, 4.69) is 15.2 Å². The molecule has 1 fully saturated rings. The molecule has 5 rings (SSSR count). The van der Waals surface area contributed by atoms with Gasteiger partial charge < -0.3 is 19.5 Å². The lowest BCUT2D eigenvalue weighted by Crippen LogP contribution is -2.45. The number of ether oxygens (including phenoxy) is 1. The Morgan fingerprint density at radius 3 is 2.39 bits per heavy atom. The maximum Gasteiger partial charge on any atom is 0.328 e. The van der Waals surface area contributed by atoms with Crippen molar-refractivity contribution in [3.63, 3.8) is 0 Å². The van der Waals surface area contributed by atoms with Gasteiger partial charge in [-0.05, 0) is 109 Å². The third kappa shape index (κ3) is 8.92. The molecule has 240 valence electrons. The van der Waals surface area contributed by atoms with Gasteiger partial charge in [0, 0.05) is 37.6 Å². The van der Waals surface area contributed by atoms with Crippen LogP contribution in [0.15, 0.2) is 85.5 Å². The van der Waals surface area contributed by atoms with Crippen LogP contribution < -0.4 is 5.32 Å². The average molecular weight is 645 g/mol. The maximum absolute atomic E-state index is 13.9. The van der Waals surface area contributed by atoms with E-state index in [9.17, 15) is 18.4 Å². The summed E-state index contributed by atoms with van der Waals surface area (Å²) in [6.45, 7) is 2.19. The third-order valence-corrected chi connectivity index (χ3v) is 8.70. The molecule has 3 aromatic carbocycles. The fraction of sp³-hybridized carbons (Fsp3) is 0.306. The molecular weight excluding hydrogens is 606 g/mol. The number of halogens is 2. The number of amides is 1. The largest absolute Gasteiger partial charge is 0.461 e. The van der Waals surface area contributed by atoms with E-state index in [0.717, 1.165) is 42.6 Å². The van der Waals surface area contributed by atoms with Crippen molar-refractivity contribution < 1.29 is 23.1 Å². The van der Waals surface area contributed by atoms with Gasteiger partial charge in [0.1, 0.15) is 23.8 Å². The van der Waals surface area contributed by atoms with Crippen LogP contribution >= 0.6 is 11.8 Å². The molecule has 46 heavy (non-hydrogen) atoms. The van der Waals surface area contributed by atoms with Crippen molar-refractivity contribution in [2.75, 3.05) is 32.1 Å². The van der Waals surface area contributed by atoms with Gasteiger partial charge in [-0.3, -0.25) is 4.79 Å². The van der Waals surface area contributed by atoms with Crippen molar-refractivity contribution in [3.05, 3.63) is 114 Å². The van der Waals surface area contributed by atoms with Crippen molar-refractivity contribution in [1.82, 2.24) is 19.8 Å². The monoisotopic (exact) mass is 644 g/mol. The van der Waals surface area contributed by atoms with Crippen molar-refractivity contribution in [2.24, 2.45) is 0 Å². The number of benzene rings is 3. The topological polar surface area (TPSA) is 76.5 Å². The second kappa shape index (κ2) is 15.8. The van der Waals surface area contributed by atoms with Crippen LogP contribution in [0.4, 0.5) is 8.78 Å². The molecule has 0 aliphatic carbocycles. The highest BCUT2D eigenvalue weighted by atomic mass is 32.2. The van der Waals surface area contributed by atoms with Gasteiger partial charge in [0.05, 0.1) is 6.33 Å². The van der Waals surface area contributed by atoms with Crippen LogP contribution in [0.2, 0.25) is 0 Å². The van der Waals surface area contributed by atoms with Crippen LogP contribution in [-0.2, 0) is 16.1 Å². The number of aromatic nitrogens is 2. The average Bonchev–Trinajstić information content (AvgIpc) is 3.57. The first-order valence-electron chi connectivity index (χ1n) is 15.3. The number of allylic oxidation sites excluding steroid dienone is 1. The number of imidazole rings is 1. The number of carbonyl (C=O) groups is 2. The Bertz CT molecular complexity index is 1630. The van der Waals surface area contributed by atoms with Crippen LogP contribution in [-0.4, -0.2) is 70.6 Å². The quantitative estimate of drug-likeness (QED) is 0.139. The van der Waals surface area contributed by atoms with Crippen LogP contribution in [0.25, 0.3) is 22.8 Å². The molecule has 4 aromatic rings. The van der Waals surface area contributed by atoms with E-state index in [4.69, 9.17) is 4.74 Å². The highest BCUT2D eigenvalue weighted by Gasteiger charge is 2.28. The molecule has 0 radical (unpaired) electrons. The molecule has 2 heterocycles. The summed E-state index contributed by atoms with van der Waals surface area (Å²) < 4.78 is 35.4. The van der Waals surface area contributed by atoms with E-state index in [0.29, 0.717) is 35.4 Å². The molecule has 0 unspecified atom stereocenters. The molecule has 0 bridgehead atoms. The Balaban J connectivity index is 1.46. The number of hydrogen-bond acceptors (Lipinski definition) is 6. The smallest absolute Gasteiger partial charge is 0.328 e. The molecule has 1 aromatic heterocycles. The maximum atomic E-state index is 13.9.